The Labute approximate surface area is 85.9 Å². The van der Waals surface area contributed by atoms with E-state index in [1.807, 2.05) is 0 Å². The standard InChI is InChI=1S/C11H21NO2/c12-11(5-1-2-6-11)9-14-10-3-7-13-8-4-10/h10H,1-9,12H2. The van der Waals surface area contributed by atoms with Crippen LogP contribution in [-0.2, 0) is 9.47 Å². The van der Waals surface area contributed by atoms with E-state index in [0.29, 0.717) is 6.10 Å². The van der Waals surface area contributed by atoms with Gasteiger partial charge in [0.15, 0.2) is 0 Å². The highest BCUT2D eigenvalue weighted by atomic mass is 16.5. The third-order valence-corrected chi connectivity index (χ3v) is 3.37. The van der Waals surface area contributed by atoms with Gasteiger partial charge in [0, 0.05) is 18.8 Å². The Morgan fingerprint density at radius 3 is 2.50 bits per heavy atom. The lowest BCUT2D eigenvalue weighted by molar-refractivity contribution is -0.0463. The van der Waals surface area contributed by atoms with Gasteiger partial charge in [-0.05, 0) is 25.7 Å². The summed E-state index contributed by atoms with van der Waals surface area (Å²) in [7, 11) is 0. The molecule has 14 heavy (non-hydrogen) atoms. The maximum absolute atomic E-state index is 6.22. The predicted octanol–water partition coefficient (Wildman–Crippen LogP) is 1.45. The van der Waals surface area contributed by atoms with Gasteiger partial charge in [0.2, 0.25) is 0 Å². The lowest BCUT2D eigenvalue weighted by Crippen LogP contribution is -2.43. The number of rotatable bonds is 3. The summed E-state index contributed by atoms with van der Waals surface area (Å²) in [5, 5.41) is 0. The minimum Gasteiger partial charge on any atom is -0.381 e. The summed E-state index contributed by atoms with van der Waals surface area (Å²) in [5.74, 6) is 0. The molecular formula is C11H21NO2. The molecule has 1 heterocycles. The molecule has 0 aromatic rings. The van der Waals surface area contributed by atoms with Crippen LogP contribution < -0.4 is 5.73 Å². The predicted molar refractivity (Wildman–Crippen MR) is 55.2 cm³/mol. The minimum atomic E-state index is -0.0156. The zero-order valence-electron chi connectivity index (χ0n) is 8.84. The van der Waals surface area contributed by atoms with Gasteiger partial charge in [-0.15, -0.1) is 0 Å². The van der Waals surface area contributed by atoms with Crippen LogP contribution >= 0.6 is 0 Å². The first-order valence-electron chi connectivity index (χ1n) is 5.77. The molecule has 2 N–H and O–H groups in total. The van der Waals surface area contributed by atoms with Crippen LogP contribution in [0.25, 0.3) is 0 Å². The molecule has 2 rings (SSSR count). The van der Waals surface area contributed by atoms with Gasteiger partial charge in [-0.1, -0.05) is 12.8 Å². The van der Waals surface area contributed by atoms with Gasteiger partial charge in [-0.3, -0.25) is 0 Å². The first-order chi connectivity index (χ1) is 6.79. The molecule has 1 saturated heterocycles. The normalized spacial score (nSPS) is 28.1. The van der Waals surface area contributed by atoms with E-state index in [2.05, 4.69) is 0 Å². The van der Waals surface area contributed by atoms with Crippen molar-refractivity contribution < 1.29 is 9.47 Å². The van der Waals surface area contributed by atoms with E-state index in [-0.39, 0.29) is 5.54 Å². The maximum atomic E-state index is 6.22. The molecule has 3 nitrogen and oxygen atoms in total. The van der Waals surface area contributed by atoms with Crippen LogP contribution in [-0.4, -0.2) is 31.5 Å². The summed E-state index contributed by atoms with van der Waals surface area (Å²) in [6.07, 6.45) is 7.28. The second-order valence-electron chi connectivity index (χ2n) is 4.69. The van der Waals surface area contributed by atoms with E-state index in [4.69, 9.17) is 15.2 Å². The smallest absolute Gasteiger partial charge is 0.0649 e. The van der Waals surface area contributed by atoms with Crippen LogP contribution in [0.5, 0.6) is 0 Å². The van der Waals surface area contributed by atoms with E-state index in [1.165, 1.54) is 12.8 Å². The Morgan fingerprint density at radius 2 is 1.86 bits per heavy atom. The van der Waals surface area contributed by atoms with E-state index in [1.54, 1.807) is 0 Å². The van der Waals surface area contributed by atoms with E-state index < -0.39 is 0 Å². The highest BCUT2D eigenvalue weighted by Crippen LogP contribution is 2.28. The summed E-state index contributed by atoms with van der Waals surface area (Å²) in [5.41, 5.74) is 6.20. The van der Waals surface area contributed by atoms with E-state index in [9.17, 15) is 0 Å². The zero-order valence-corrected chi connectivity index (χ0v) is 8.84. The Morgan fingerprint density at radius 1 is 1.21 bits per heavy atom. The van der Waals surface area contributed by atoms with E-state index >= 15 is 0 Å². The lowest BCUT2D eigenvalue weighted by Gasteiger charge is -2.28. The quantitative estimate of drug-likeness (QED) is 0.748. The molecule has 0 spiro atoms. The SMILES string of the molecule is NC1(COC2CCOCC2)CCCC1. The van der Waals surface area contributed by atoms with Crippen molar-refractivity contribution in [1.29, 1.82) is 0 Å². The van der Waals surface area contributed by atoms with Crippen LogP contribution in [0.4, 0.5) is 0 Å². The monoisotopic (exact) mass is 199 g/mol. The molecule has 82 valence electrons. The topological polar surface area (TPSA) is 44.5 Å². The number of nitrogens with two attached hydrogens (primary N) is 1. The second-order valence-corrected chi connectivity index (χ2v) is 4.69. The summed E-state index contributed by atoms with van der Waals surface area (Å²) >= 11 is 0. The fourth-order valence-corrected chi connectivity index (χ4v) is 2.35. The van der Waals surface area contributed by atoms with Crippen LogP contribution in [0.3, 0.4) is 0 Å². The average molecular weight is 199 g/mol. The molecule has 0 radical (unpaired) electrons. The van der Waals surface area contributed by atoms with Crippen LogP contribution in [0.15, 0.2) is 0 Å². The lowest BCUT2D eigenvalue weighted by atomic mass is 10.0. The molecule has 2 fully saturated rings. The fourth-order valence-electron chi connectivity index (χ4n) is 2.35. The van der Waals surface area contributed by atoms with Crippen LogP contribution in [0.2, 0.25) is 0 Å². The molecule has 0 bridgehead atoms. The van der Waals surface area contributed by atoms with Crippen molar-refractivity contribution in [2.45, 2.75) is 50.2 Å². The molecule has 1 saturated carbocycles. The van der Waals surface area contributed by atoms with Crippen molar-refractivity contribution >= 4 is 0 Å². The molecule has 0 aromatic heterocycles. The highest BCUT2D eigenvalue weighted by molar-refractivity contribution is 4.89. The van der Waals surface area contributed by atoms with Crippen molar-refractivity contribution in [3.8, 4) is 0 Å². The van der Waals surface area contributed by atoms with Gasteiger partial charge < -0.3 is 15.2 Å². The van der Waals surface area contributed by atoms with E-state index in [0.717, 1.165) is 45.5 Å². The Hall–Kier alpha value is -0.120. The molecule has 0 amide bonds. The van der Waals surface area contributed by atoms with Gasteiger partial charge in [-0.2, -0.15) is 0 Å². The van der Waals surface area contributed by atoms with Gasteiger partial charge >= 0.3 is 0 Å². The van der Waals surface area contributed by atoms with Gasteiger partial charge in [0.25, 0.3) is 0 Å². The molecule has 0 atom stereocenters. The van der Waals surface area contributed by atoms with Gasteiger partial charge in [-0.25, -0.2) is 0 Å². The molecule has 0 aromatic carbocycles. The van der Waals surface area contributed by atoms with Crippen molar-refractivity contribution in [2.75, 3.05) is 19.8 Å². The summed E-state index contributed by atoms with van der Waals surface area (Å²) in [4.78, 5) is 0. The fraction of sp³-hybridized carbons (Fsp3) is 1.00. The highest BCUT2D eigenvalue weighted by Gasteiger charge is 2.30. The van der Waals surface area contributed by atoms with Crippen LogP contribution in [0.1, 0.15) is 38.5 Å². The maximum Gasteiger partial charge on any atom is 0.0649 e. The largest absolute Gasteiger partial charge is 0.381 e. The van der Waals surface area contributed by atoms with Gasteiger partial charge in [0.05, 0.1) is 12.7 Å². The number of hydrogen-bond acceptors (Lipinski definition) is 3. The van der Waals surface area contributed by atoms with Crippen LogP contribution in [0, 0.1) is 0 Å². The molecule has 1 aliphatic carbocycles. The molecule has 0 unspecified atom stereocenters. The Kier molecular flexibility index (Phi) is 3.42. The Balaban J connectivity index is 1.70. The summed E-state index contributed by atoms with van der Waals surface area (Å²) in [6, 6.07) is 0. The third kappa shape index (κ3) is 2.69. The first kappa shape index (κ1) is 10.4. The summed E-state index contributed by atoms with van der Waals surface area (Å²) in [6.45, 7) is 2.45. The molecule has 2 aliphatic rings. The van der Waals surface area contributed by atoms with Crippen molar-refractivity contribution in [2.24, 2.45) is 5.73 Å². The first-order valence-corrected chi connectivity index (χ1v) is 5.77. The average Bonchev–Trinajstić information content (AvgIpc) is 2.65. The summed E-state index contributed by atoms with van der Waals surface area (Å²) < 4.78 is 11.2. The third-order valence-electron chi connectivity index (χ3n) is 3.37. The minimum absolute atomic E-state index is 0.0156. The van der Waals surface area contributed by atoms with Crippen molar-refractivity contribution in [3.63, 3.8) is 0 Å². The van der Waals surface area contributed by atoms with Crippen molar-refractivity contribution in [3.05, 3.63) is 0 Å². The number of hydrogen-bond donors (Lipinski definition) is 1. The molecule has 1 aliphatic heterocycles. The zero-order chi connectivity index (χ0) is 9.86. The number of ether oxygens (including phenoxy) is 2. The molecule has 3 heteroatoms. The molecular weight excluding hydrogens is 178 g/mol. The van der Waals surface area contributed by atoms with Gasteiger partial charge in [0.1, 0.15) is 0 Å². The Bertz CT molecular complexity index is 172. The van der Waals surface area contributed by atoms with Crippen molar-refractivity contribution in [1.82, 2.24) is 0 Å². The second kappa shape index (κ2) is 4.60.